The number of aldehydes is 1. The van der Waals surface area contributed by atoms with Gasteiger partial charge in [-0.05, 0) is 44.0 Å². The average molecular weight is 283 g/mol. The molecule has 0 atom stereocenters. The highest BCUT2D eigenvalue weighted by Crippen LogP contribution is 2.37. The maximum Gasteiger partial charge on any atom is 0.261 e. The lowest BCUT2D eigenvalue weighted by atomic mass is 10.1. The van der Waals surface area contributed by atoms with Crippen LogP contribution >= 0.6 is 0 Å². The van der Waals surface area contributed by atoms with Crippen LogP contribution in [0.3, 0.4) is 0 Å². The Morgan fingerprint density at radius 2 is 2.10 bits per heavy atom. The zero-order valence-electron chi connectivity index (χ0n) is 11.9. The Bertz CT molecular complexity index is 729. The second-order valence-corrected chi connectivity index (χ2v) is 5.16. The number of ether oxygens (including phenoxy) is 1. The molecule has 1 aliphatic rings. The number of carbonyl (C=O) groups excluding carboxylic acids is 1. The van der Waals surface area contributed by atoms with E-state index in [9.17, 15) is 9.59 Å². The van der Waals surface area contributed by atoms with Gasteiger partial charge in [0.2, 0.25) is 0 Å². The van der Waals surface area contributed by atoms with E-state index in [1.165, 1.54) is 0 Å². The lowest BCUT2D eigenvalue weighted by Gasteiger charge is -2.14. The van der Waals surface area contributed by atoms with Crippen LogP contribution in [0, 0.1) is 0 Å². The Kier molecular flexibility index (Phi) is 3.60. The summed E-state index contributed by atoms with van der Waals surface area (Å²) in [5.74, 6) is 0.782. The molecule has 4 heteroatoms. The fourth-order valence-electron chi connectivity index (χ4n) is 2.50. The van der Waals surface area contributed by atoms with E-state index in [0.29, 0.717) is 12.9 Å². The summed E-state index contributed by atoms with van der Waals surface area (Å²) in [4.78, 5) is 23.4. The molecule has 1 heterocycles. The Morgan fingerprint density at radius 3 is 2.76 bits per heavy atom. The van der Waals surface area contributed by atoms with E-state index in [4.69, 9.17) is 4.74 Å². The molecule has 4 nitrogen and oxygen atoms in total. The van der Waals surface area contributed by atoms with Crippen molar-refractivity contribution in [3.8, 4) is 17.0 Å². The number of carbonyl (C=O) groups is 1. The SMILES string of the molecule is CCOc1cccc(-c2ccc(C=O)c(=O)n2C2CC2)c1. The smallest absolute Gasteiger partial charge is 0.261 e. The maximum absolute atomic E-state index is 12.4. The van der Waals surface area contributed by atoms with Gasteiger partial charge in [0.25, 0.3) is 5.56 Å². The first-order valence-corrected chi connectivity index (χ1v) is 7.18. The molecule has 21 heavy (non-hydrogen) atoms. The van der Waals surface area contributed by atoms with E-state index >= 15 is 0 Å². The molecule has 1 aromatic heterocycles. The molecule has 0 unspecified atom stereocenters. The molecule has 1 aromatic carbocycles. The first-order valence-electron chi connectivity index (χ1n) is 7.18. The van der Waals surface area contributed by atoms with Gasteiger partial charge < -0.3 is 9.30 Å². The number of aromatic nitrogens is 1. The number of benzene rings is 1. The zero-order chi connectivity index (χ0) is 14.8. The van der Waals surface area contributed by atoms with Gasteiger partial charge in [-0.15, -0.1) is 0 Å². The number of nitrogens with zero attached hydrogens (tertiary/aromatic N) is 1. The molecule has 0 radical (unpaired) electrons. The van der Waals surface area contributed by atoms with Crippen LogP contribution in [0.4, 0.5) is 0 Å². The van der Waals surface area contributed by atoms with Gasteiger partial charge in [0.15, 0.2) is 6.29 Å². The molecule has 1 fully saturated rings. The van der Waals surface area contributed by atoms with E-state index in [2.05, 4.69) is 0 Å². The predicted molar refractivity (Wildman–Crippen MR) is 81.0 cm³/mol. The van der Waals surface area contributed by atoms with E-state index in [1.54, 1.807) is 10.6 Å². The highest BCUT2D eigenvalue weighted by Gasteiger charge is 2.27. The number of hydrogen-bond donors (Lipinski definition) is 0. The van der Waals surface area contributed by atoms with Crippen LogP contribution in [0.15, 0.2) is 41.2 Å². The second kappa shape index (κ2) is 5.56. The van der Waals surface area contributed by atoms with Gasteiger partial charge in [0.1, 0.15) is 5.75 Å². The highest BCUT2D eigenvalue weighted by atomic mass is 16.5. The first-order chi connectivity index (χ1) is 10.2. The first kappa shape index (κ1) is 13.6. The average Bonchev–Trinajstić information content (AvgIpc) is 3.32. The van der Waals surface area contributed by atoms with Crippen LogP contribution in [0.25, 0.3) is 11.3 Å². The Morgan fingerprint density at radius 1 is 1.29 bits per heavy atom. The molecular formula is C17H17NO3. The summed E-state index contributed by atoms with van der Waals surface area (Å²) in [6.45, 7) is 2.54. The molecular weight excluding hydrogens is 266 g/mol. The fraction of sp³-hybridized carbons (Fsp3) is 0.294. The highest BCUT2D eigenvalue weighted by molar-refractivity contribution is 5.75. The molecule has 1 saturated carbocycles. The minimum Gasteiger partial charge on any atom is -0.494 e. The number of hydrogen-bond acceptors (Lipinski definition) is 3. The van der Waals surface area contributed by atoms with Crippen LogP contribution in [0.5, 0.6) is 5.75 Å². The summed E-state index contributed by atoms with van der Waals surface area (Å²) in [5, 5.41) is 0. The van der Waals surface area contributed by atoms with Crippen molar-refractivity contribution in [2.45, 2.75) is 25.8 Å². The molecule has 3 rings (SSSR count). The van der Waals surface area contributed by atoms with Crippen LogP contribution in [-0.4, -0.2) is 17.5 Å². The largest absolute Gasteiger partial charge is 0.494 e. The van der Waals surface area contributed by atoms with Gasteiger partial charge in [-0.3, -0.25) is 9.59 Å². The van der Waals surface area contributed by atoms with Crippen LogP contribution in [0.1, 0.15) is 36.2 Å². The van der Waals surface area contributed by atoms with Crippen LogP contribution < -0.4 is 10.3 Å². The van der Waals surface area contributed by atoms with Crippen molar-refractivity contribution in [1.29, 1.82) is 0 Å². The minimum atomic E-state index is -0.202. The van der Waals surface area contributed by atoms with Crippen molar-refractivity contribution in [2.75, 3.05) is 6.61 Å². The van der Waals surface area contributed by atoms with E-state index < -0.39 is 0 Å². The lowest BCUT2D eigenvalue weighted by Crippen LogP contribution is -2.24. The molecule has 0 spiro atoms. The summed E-state index contributed by atoms with van der Waals surface area (Å²) in [6, 6.07) is 11.3. The molecule has 0 bridgehead atoms. The predicted octanol–water partition coefficient (Wildman–Crippen LogP) is 3.06. The zero-order valence-corrected chi connectivity index (χ0v) is 11.9. The standard InChI is InChI=1S/C17H17NO3/c1-2-21-15-5-3-4-12(10-15)16-9-6-13(11-19)17(20)18(16)14-7-8-14/h3-6,9-11,14H,2,7-8H2,1H3. The third-order valence-corrected chi connectivity index (χ3v) is 3.63. The monoisotopic (exact) mass is 283 g/mol. The molecule has 108 valence electrons. The van der Waals surface area contributed by atoms with Gasteiger partial charge >= 0.3 is 0 Å². The quantitative estimate of drug-likeness (QED) is 0.792. The van der Waals surface area contributed by atoms with Crippen molar-refractivity contribution >= 4 is 6.29 Å². The van der Waals surface area contributed by atoms with Gasteiger partial charge in [0, 0.05) is 11.6 Å². The van der Waals surface area contributed by atoms with Gasteiger partial charge in [-0.25, -0.2) is 0 Å². The van der Waals surface area contributed by atoms with Gasteiger partial charge in [-0.1, -0.05) is 12.1 Å². The van der Waals surface area contributed by atoms with E-state index in [-0.39, 0.29) is 17.2 Å². The maximum atomic E-state index is 12.4. The van der Waals surface area contributed by atoms with Gasteiger partial charge in [-0.2, -0.15) is 0 Å². The summed E-state index contributed by atoms with van der Waals surface area (Å²) >= 11 is 0. The van der Waals surface area contributed by atoms with E-state index in [1.807, 2.05) is 37.3 Å². The second-order valence-electron chi connectivity index (χ2n) is 5.16. The molecule has 0 aliphatic heterocycles. The summed E-state index contributed by atoms with van der Waals surface area (Å²) in [7, 11) is 0. The van der Waals surface area contributed by atoms with Crippen molar-refractivity contribution < 1.29 is 9.53 Å². The van der Waals surface area contributed by atoms with Crippen LogP contribution in [-0.2, 0) is 0 Å². The minimum absolute atomic E-state index is 0.202. The topological polar surface area (TPSA) is 48.3 Å². The van der Waals surface area contributed by atoms with Crippen molar-refractivity contribution in [3.63, 3.8) is 0 Å². The van der Waals surface area contributed by atoms with Crippen molar-refractivity contribution in [2.24, 2.45) is 0 Å². The third-order valence-electron chi connectivity index (χ3n) is 3.63. The fourth-order valence-corrected chi connectivity index (χ4v) is 2.50. The Labute approximate surface area is 123 Å². The molecule has 0 saturated heterocycles. The summed E-state index contributed by atoms with van der Waals surface area (Å²) in [5.41, 5.74) is 1.79. The normalized spacial score (nSPS) is 14.0. The molecule has 0 N–H and O–H groups in total. The molecule has 1 aliphatic carbocycles. The number of pyridine rings is 1. The van der Waals surface area contributed by atoms with E-state index in [0.717, 1.165) is 29.8 Å². The third kappa shape index (κ3) is 2.61. The van der Waals surface area contributed by atoms with Crippen molar-refractivity contribution in [1.82, 2.24) is 4.57 Å². The lowest BCUT2D eigenvalue weighted by molar-refractivity contribution is 0.112. The van der Waals surface area contributed by atoms with Gasteiger partial charge in [0.05, 0.1) is 17.9 Å². The number of rotatable bonds is 5. The van der Waals surface area contributed by atoms with Crippen molar-refractivity contribution in [3.05, 3.63) is 52.3 Å². The Balaban J connectivity index is 2.14. The summed E-state index contributed by atoms with van der Waals surface area (Å²) < 4.78 is 7.26. The van der Waals surface area contributed by atoms with Crippen LogP contribution in [0.2, 0.25) is 0 Å². The summed E-state index contributed by atoms with van der Waals surface area (Å²) in [6.07, 6.45) is 2.60. The molecule has 0 amide bonds. The Hall–Kier alpha value is -2.36. The molecule has 2 aromatic rings.